The molecule has 33 heavy (non-hydrogen) atoms. The number of aromatic nitrogens is 3. The largest absolute Gasteiger partial charge is 0.443 e. The molecule has 0 atom stereocenters. The number of nitrogens with zero attached hydrogens (tertiary/aromatic N) is 3. The number of hydrogen-bond acceptors (Lipinski definition) is 4. The molecule has 0 unspecified atom stereocenters. The molecule has 0 bridgehead atoms. The minimum absolute atomic E-state index is 0.320. The quantitative estimate of drug-likeness (QED) is 0.306. The van der Waals surface area contributed by atoms with Crippen molar-refractivity contribution in [2.75, 3.05) is 4.90 Å². The maximum absolute atomic E-state index is 13.0. The molecule has 0 fully saturated rings. The van der Waals surface area contributed by atoms with Crippen LogP contribution in [0.1, 0.15) is 37.5 Å². The van der Waals surface area contributed by atoms with Crippen LogP contribution in [0.5, 0.6) is 0 Å². The van der Waals surface area contributed by atoms with Crippen LogP contribution in [0.2, 0.25) is 5.02 Å². The Balaban J connectivity index is 1.58. The molecule has 0 radical (unpaired) electrons. The molecule has 3 aromatic heterocycles. The van der Waals surface area contributed by atoms with Crippen LogP contribution in [-0.4, -0.2) is 26.6 Å². The molecule has 0 aliphatic rings. The molecule has 4 rings (SSSR count). The third kappa shape index (κ3) is 5.92. The van der Waals surface area contributed by atoms with Crippen molar-refractivity contribution in [3.63, 3.8) is 0 Å². The van der Waals surface area contributed by atoms with E-state index < -0.39 is 11.7 Å². The number of anilines is 1. The number of pyridine rings is 2. The lowest BCUT2D eigenvalue weighted by Gasteiger charge is -2.27. The van der Waals surface area contributed by atoms with Gasteiger partial charge in [0.2, 0.25) is 0 Å². The number of carbonyl (C=O) groups excluding carboxylic acids is 1. The van der Waals surface area contributed by atoms with E-state index in [-0.39, 0.29) is 0 Å². The number of fused-ring (bicyclic) bond motifs is 1. The van der Waals surface area contributed by atoms with E-state index in [1.54, 1.807) is 24.5 Å². The monoisotopic (exact) mass is 526 g/mol. The number of hydrogen-bond donors (Lipinski definition) is 1. The highest BCUT2D eigenvalue weighted by molar-refractivity contribution is 9.10. The fraction of sp³-hybridized carbons (Fsp3) is 0.240. The number of halogens is 2. The van der Waals surface area contributed by atoms with Crippen LogP contribution < -0.4 is 4.90 Å². The minimum atomic E-state index is -0.618. The first kappa shape index (κ1) is 23.3. The fourth-order valence-corrected chi connectivity index (χ4v) is 3.87. The molecule has 1 N–H and O–H groups in total. The molecule has 8 heteroatoms. The smallest absolute Gasteiger partial charge is 0.416 e. The topological polar surface area (TPSA) is 71.1 Å². The van der Waals surface area contributed by atoms with Crippen LogP contribution in [0.4, 0.5) is 10.6 Å². The van der Waals surface area contributed by atoms with Crippen molar-refractivity contribution in [2.45, 2.75) is 39.3 Å². The van der Waals surface area contributed by atoms with Crippen LogP contribution in [0.25, 0.3) is 11.0 Å². The summed E-state index contributed by atoms with van der Waals surface area (Å²) >= 11 is 9.49. The van der Waals surface area contributed by atoms with Gasteiger partial charge in [0, 0.05) is 39.9 Å². The Bertz CT molecular complexity index is 1260. The van der Waals surface area contributed by atoms with Gasteiger partial charge in [-0.1, -0.05) is 29.8 Å². The van der Waals surface area contributed by atoms with Gasteiger partial charge in [-0.2, -0.15) is 0 Å². The van der Waals surface area contributed by atoms with Gasteiger partial charge in [-0.15, -0.1) is 0 Å². The molecular formula is C25H24BrClN4O2. The van der Waals surface area contributed by atoms with Gasteiger partial charge < -0.3 is 9.72 Å². The summed E-state index contributed by atoms with van der Waals surface area (Å²) in [4.78, 5) is 26.7. The Morgan fingerprint density at radius 1 is 1.09 bits per heavy atom. The van der Waals surface area contributed by atoms with Crippen LogP contribution in [0.15, 0.2) is 65.5 Å². The standard InChI is InChI=1S/C25H24BrClN4O2/c1-25(2,3)33-24(32)31(15-16-4-7-20(27)8-5-16)22-9-6-17(12-28-22)10-18-13-29-23-21(18)11-19(26)14-30-23/h4-9,11-14H,10,15H2,1-3H3,(H,29,30). The van der Waals surface area contributed by atoms with E-state index >= 15 is 0 Å². The molecule has 4 aromatic rings. The molecule has 6 nitrogen and oxygen atoms in total. The highest BCUT2D eigenvalue weighted by Crippen LogP contribution is 2.24. The second-order valence-corrected chi connectivity index (χ2v) is 10.1. The van der Waals surface area contributed by atoms with Crippen molar-refractivity contribution in [1.82, 2.24) is 15.0 Å². The number of ether oxygens (including phenoxy) is 1. The third-order valence-corrected chi connectivity index (χ3v) is 5.62. The molecule has 1 aromatic carbocycles. The van der Waals surface area contributed by atoms with Gasteiger partial charge in [-0.05, 0) is 77.7 Å². The lowest BCUT2D eigenvalue weighted by atomic mass is 10.1. The number of amides is 1. The zero-order valence-corrected chi connectivity index (χ0v) is 20.9. The molecule has 3 heterocycles. The predicted octanol–water partition coefficient (Wildman–Crippen LogP) is 6.91. The first-order valence-corrected chi connectivity index (χ1v) is 11.7. The van der Waals surface area contributed by atoms with Crippen molar-refractivity contribution in [2.24, 2.45) is 0 Å². The molecular weight excluding hydrogens is 504 g/mol. The Morgan fingerprint density at radius 3 is 2.48 bits per heavy atom. The minimum Gasteiger partial charge on any atom is -0.443 e. The van der Waals surface area contributed by atoms with Crippen molar-refractivity contribution in [3.8, 4) is 0 Å². The molecule has 0 saturated carbocycles. The zero-order chi connectivity index (χ0) is 23.6. The molecule has 1 amide bonds. The Kier molecular flexibility index (Phi) is 6.72. The van der Waals surface area contributed by atoms with Crippen molar-refractivity contribution in [1.29, 1.82) is 0 Å². The van der Waals surface area contributed by atoms with Gasteiger partial charge >= 0.3 is 6.09 Å². The summed E-state index contributed by atoms with van der Waals surface area (Å²) in [6.07, 6.45) is 5.76. The Morgan fingerprint density at radius 2 is 1.82 bits per heavy atom. The van der Waals surface area contributed by atoms with E-state index in [1.165, 1.54) is 4.90 Å². The van der Waals surface area contributed by atoms with E-state index in [0.29, 0.717) is 23.8 Å². The Labute approximate surface area is 206 Å². The van der Waals surface area contributed by atoms with E-state index in [0.717, 1.165) is 32.2 Å². The zero-order valence-electron chi connectivity index (χ0n) is 18.6. The summed E-state index contributed by atoms with van der Waals surface area (Å²) in [5.41, 5.74) is 3.30. The normalized spacial score (nSPS) is 11.5. The maximum Gasteiger partial charge on any atom is 0.416 e. The lowest BCUT2D eigenvalue weighted by Crippen LogP contribution is -2.37. The molecule has 0 saturated heterocycles. The van der Waals surface area contributed by atoms with E-state index in [9.17, 15) is 4.79 Å². The first-order valence-electron chi connectivity index (χ1n) is 10.5. The summed E-state index contributed by atoms with van der Waals surface area (Å²) in [6.45, 7) is 5.85. The van der Waals surface area contributed by atoms with Crippen molar-refractivity contribution >= 4 is 50.5 Å². The predicted molar refractivity (Wildman–Crippen MR) is 135 cm³/mol. The number of nitrogens with one attached hydrogen (secondary N) is 1. The summed E-state index contributed by atoms with van der Waals surface area (Å²) in [5, 5.41) is 1.70. The SMILES string of the molecule is CC(C)(C)OC(=O)N(Cc1ccc(Cl)cc1)c1ccc(Cc2c[nH]c3ncc(Br)cc23)cn1. The van der Waals surface area contributed by atoms with E-state index in [2.05, 4.69) is 30.9 Å². The van der Waals surface area contributed by atoms with Gasteiger partial charge in [-0.25, -0.2) is 14.8 Å². The second kappa shape index (κ2) is 9.53. The van der Waals surface area contributed by atoms with Crippen LogP contribution in [-0.2, 0) is 17.7 Å². The second-order valence-electron chi connectivity index (χ2n) is 8.76. The highest BCUT2D eigenvalue weighted by atomic mass is 79.9. The fourth-order valence-electron chi connectivity index (χ4n) is 3.41. The average Bonchev–Trinajstić information content (AvgIpc) is 3.14. The first-order chi connectivity index (χ1) is 15.7. The van der Waals surface area contributed by atoms with Crippen molar-refractivity contribution < 1.29 is 9.53 Å². The number of rotatable bonds is 5. The summed E-state index contributed by atoms with van der Waals surface area (Å²) in [7, 11) is 0. The van der Waals surface area contributed by atoms with Crippen LogP contribution in [0, 0.1) is 0 Å². The molecule has 0 aliphatic carbocycles. The molecule has 170 valence electrons. The molecule has 0 aliphatic heterocycles. The van der Waals surface area contributed by atoms with Gasteiger partial charge in [0.05, 0.1) is 6.54 Å². The van der Waals surface area contributed by atoms with Gasteiger partial charge in [0.15, 0.2) is 0 Å². The summed E-state index contributed by atoms with van der Waals surface area (Å²) in [6, 6.07) is 13.2. The van der Waals surface area contributed by atoms with Crippen molar-refractivity contribution in [3.05, 3.63) is 87.2 Å². The van der Waals surface area contributed by atoms with Gasteiger partial charge in [-0.3, -0.25) is 4.90 Å². The number of carbonyl (C=O) groups is 1. The van der Waals surface area contributed by atoms with Gasteiger partial charge in [0.25, 0.3) is 0 Å². The van der Waals surface area contributed by atoms with E-state index in [1.807, 2.05) is 57.3 Å². The highest BCUT2D eigenvalue weighted by Gasteiger charge is 2.24. The maximum atomic E-state index is 13.0. The van der Waals surface area contributed by atoms with E-state index in [4.69, 9.17) is 16.3 Å². The summed E-state index contributed by atoms with van der Waals surface area (Å²) in [5.74, 6) is 0.520. The van der Waals surface area contributed by atoms with Crippen LogP contribution >= 0.6 is 27.5 Å². The average molecular weight is 528 g/mol. The Hall–Kier alpha value is -2.90. The lowest BCUT2D eigenvalue weighted by molar-refractivity contribution is 0.0576. The number of benzene rings is 1. The number of H-pyrrole nitrogens is 1. The van der Waals surface area contributed by atoms with Gasteiger partial charge in [0.1, 0.15) is 17.1 Å². The number of aromatic amines is 1. The molecule has 0 spiro atoms. The third-order valence-electron chi connectivity index (χ3n) is 4.93. The van der Waals surface area contributed by atoms with Crippen LogP contribution in [0.3, 0.4) is 0 Å². The summed E-state index contributed by atoms with van der Waals surface area (Å²) < 4.78 is 6.56.